The quantitative estimate of drug-likeness (QED) is 0.916. The second-order valence-corrected chi connectivity index (χ2v) is 6.79. The molecule has 1 aliphatic heterocycles. The van der Waals surface area contributed by atoms with E-state index in [1.807, 2.05) is 30.1 Å². The van der Waals surface area contributed by atoms with Gasteiger partial charge in [0, 0.05) is 7.05 Å². The molecule has 0 saturated carbocycles. The SMILES string of the molecule is CN(C(=O)CNc1cccc2c1OCCO2)C1CCCc2ccccc21. The van der Waals surface area contributed by atoms with Crippen LogP contribution in [0.3, 0.4) is 0 Å². The molecule has 1 N–H and O–H groups in total. The molecule has 5 heteroatoms. The molecule has 0 aromatic heterocycles. The molecule has 0 spiro atoms. The van der Waals surface area contributed by atoms with E-state index in [0.717, 1.165) is 30.7 Å². The van der Waals surface area contributed by atoms with E-state index < -0.39 is 0 Å². The van der Waals surface area contributed by atoms with Crippen LogP contribution in [0.2, 0.25) is 0 Å². The monoisotopic (exact) mass is 352 g/mol. The smallest absolute Gasteiger partial charge is 0.242 e. The molecule has 0 bridgehead atoms. The number of benzene rings is 2. The summed E-state index contributed by atoms with van der Waals surface area (Å²) in [6.07, 6.45) is 3.22. The first-order chi connectivity index (χ1) is 12.7. The van der Waals surface area contributed by atoms with Crippen LogP contribution in [-0.2, 0) is 11.2 Å². The van der Waals surface area contributed by atoms with Crippen molar-refractivity contribution in [2.24, 2.45) is 0 Å². The van der Waals surface area contributed by atoms with Crippen molar-refractivity contribution in [1.29, 1.82) is 0 Å². The number of nitrogens with one attached hydrogen (secondary N) is 1. The third-order valence-electron chi connectivity index (χ3n) is 5.19. The number of amides is 1. The molecular weight excluding hydrogens is 328 g/mol. The number of nitrogens with zero attached hydrogens (tertiary/aromatic N) is 1. The second-order valence-electron chi connectivity index (χ2n) is 6.79. The normalized spacial score (nSPS) is 18.0. The topological polar surface area (TPSA) is 50.8 Å². The van der Waals surface area contributed by atoms with E-state index in [0.29, 0.717) is 19.0 Å². The maximum absolute atomic E-state index is 12.8. The van der Waals surface area contributed by atoms with Gasteiger partial charge in [0.2, 0.25) is 5.91 Å². The van der Waals surface area contributed by atoms with Gasteiger partial charge in [-0.2, -0.15) is 0 Å². The number of hydrogen-bond donors (Lipinski definition) is 1. The van der Waals surface area contributed by atoms with Crippen molar-refractivity contribution >= 4 is 11.6 Å². The van der Waals surface area contributed by atoms with Crippen LogP contribution in [0, 0.1) is 0 Å². The molecule has 1 amide bonds. The van der Waals surface area contributed by atoms with Crippen molar-refractivity contribution in [2.75, 3.05) is 32.1 Å². The van der Waals surface area contributed by atoms with Gasteiger partial charge in [-0.15, -0.1) is 0 Å². The lowest BCUT2D eigenvalue weighted by Gasteiger charge is -2.33. The van der Waals surface area contributed by atoms with Gasteiger partial charge in [0.25, 0.3) is 0 Å². The average Bonchev–Trinajstić information content (AvgIpc) is 2.71. The summed E-state index contributed by atoms with van der Waals surface area (Å²) in [5.74, 6) is 1.49. The Hall–Kier alpha value is -2.69. The summed E-state index contributed by atoms with van der Waals surface area (Å²) in [7, 11) is 1.90. The van der Waals surface area contributed by atoms with Crippen LogP contribution in [0.5, 0.6) is 11.5 Å². The molecule has 26 heavy (non-hydrogen) atoms. The molecule has 2 aliphatic rings. The Labute approximate surface area is 153 Å². The summed E-state index contributed by atoms with van der Waals surface area (Å²) < 4.78 is 11.3. The molecule has 0 saturated heterocycles. The lowest BCUT2D eigenvalue weighted by molar-refractivity contribution is -0.130. The lowest BCUT2D eigenvalue weighted by Crippen LogP contribution is -2.37. The molecule has 2 aromatic carbocycles. The molecule has 2 aromatic rings. The number of carbonyl (C=O) groups excluding carboxylic acids is 1. The Morgan fingerprint density at radius 1 is 1.15 bits per heavy atom. The number of para-hydroxylation sites is 1. The Balaban J connectivity index is 1.45. The molecule has 1 atom stereocenters. The number of anilines is 1. The fourth-order valence-electron chi connectivity index (χ4n) is 3.81. The summed E-state index contributed by atoms with van der Waals surface area (Å²) in [5, 5.41) is 3.22. The van der Waals surface area contributed by atoms with Crippen molar-refractivity contribution < 1.29 is 14.3 Å². The van der Waals surface area contributed by atoms with Crippen molar-refractivity contribution in [1.82, 2.24) is 4.90 Å². The lowest BCUT2D eigenvalue weighted by atomic mass is 9.87. The first-order valence-corrected chi connectivity index (χ1v) is 9.20. The molecule has 1 heterocycles. The number of hydrogen-bond acceptors (Lipinski definition) is 4. The van der Waals surface area contributed by atoms with Gasteiger partial charge in [-0.3, -0.25) is 4.79 Å². The van der Waals surface area contributed by atoms with Gasteiger partial charge in [0.15, 0.2) is 11.5 Å². The Morgan fingerprint density at radius 2 is 2.00 bits per heavy atom. The van der Waals surface area contributed by atoms with Crippen molar-refractivity contribution in [3.63, 3.8) is 0 Å². The highest BCUT2D eigenvalue weighted by Gasteiger charge is 2.26. The minimum Gasteiger partial charge on any atom is -0.486 e. The summed E-state index contributed by atoms with van der Waals surface area (Å²) in [4.78, 5) is 14.7. The summed E-state index contributed by atoms with van der Waals surface area (Å²) in [6, 6.07) is 14.3. The van der Waals surface area contributed by atoms with Crippen molar-refractivity contribution in [2.45, 2.75) is 25.3 Å². The number of likely N-dealkylation sites (N-methyl/N-ethyl adjacent to an activating group) is 1. The highest BCUT2D eigenvalue weighted by Crippen LogP contribution is 2.37. The minimum atomic E-state index is 0.0704. The molecule has 0 radical (unpaired) electrons. The zero-order chi connectivity index (χ0) is 17.9. The highest BCUT2D eigenvalue weighted by molar-refractivity contribution is 5.82. The number of fused-ring (bicyclic) bond motifs is 2. The predicted molar refractivity (Wildman–Crippen MR) is 101 cm³/mol. The third-order valence-corrected chi connectivity index (χ3v) is 5.19. The van der Waals surface area contributed by atoms with Crippen LogP contribution in [0.4, 0.5) is 5.69 Å². The van der Waals surface area contributed by atoms with Gasteiger partial charge >= 0.3 is 0 Å². The maximum atomic E-state index is 12.8. The second kappa shape index (κ2) is 7.28. The van der Waals surface area contributed by atoms with Gasteiger partial charge in [-0.05, 0) is 42.5 Å². The van der Waals surface area contributed by atoms with E-state index in [1.54, 1.807) is 0 Å². The Morgan fingerprint density at radius 3 is 2.92 bits per heavy atom. The standard InChI is InChI=1S/C21H24N2O3/c1-23(18-10-4-7-15-6-2-3-8-16(15)18)20(24)14-22-17-9-5-11-19-21(17)26-13-12-25-19/h2-3,5-6,8-9,11,18,22H,4,7,10,12-14H2,1H3. The van der Waals surface area contributed by atoms with Gasteiger partial charge < -0.3 is 19.7 Å². The van der Waals surface area contributed by atoms with Gasteiger partial charge in [-0.25, -0.2) is 0 Å². The van der Waals surface area contributed by atoms with Crippen LogP contribution in [0.1, 0.15) is 30.0 Å². The van der Waals surface area contributed by atoms with E-state index >= 15 is 0 Å². The van der Waals surface area contributed by atoms with Crippen LogP contribution < -0.4 is 14.8 Å². The summed E-state index contributed by atoms with van der Waals surface area (Å²) in [6.45, 7) is 1.31. The zero-order valence-corrected chi connectivity index (χ0v) is 15.0. The molecule has 1 aliphatic carbocycles. The number of carbonyl (C=O) groups is 1. The fourth-order valence-corrected chi connectivity index (χ4v) is 3.81. The van der Waals surface area contributed by atoms with Crippen LogP contribution >= 0.6 is 0 Å². The van der Waals surface area contributed by atoms with Crippen LogP contribution in [0.15, 0.2) is 42.5 Å². The first-order valence-electron chi connectivity index (χ1n) is 9.20. The number of rotatable bonds is 4. The Kier molecular flexibility index (Phi) is 4.69. The predicted octanol–water partition coefficient (Wildman–Crippen LogP) is 3.41. The molecular formula is C21H24N2O3. The zero-order valence-electron chi connectivity index (χ0n) is 15.0. The van der Waals surface area contributed by atoms with E-state index in [2.05, 4.69) is 29.6 Å². The van der Waals surface area contributed by atoms with E-state index in [9.17, 15) is 4.79 Å². The van der Waals surface area contributed by atoms with Crippen molar-refractivity contribution in [3.8, 4) is 11.5 Å². The maximum Gasteiger partial charge on any atom is 0.242 e. The third kappa shape index (κ3) is 3.21. The van der Waals surface area contributed by atoms with Gasteiger partial charge in [0.05, 0.1) is 18.3 Å². The van der Waals surface area contributed by atoms with Gasteiger partial charge in [-0.1, -0.05) is 30.3 Å². The Bertz CT molecular complexity index is 806. The van der Waals surface area contributed by atoms with E-state index in [1.165, 1.54) is 11.1 Å². The van der Waals surface area contributed by atoms with Crippen LogP contribution in [-0.4, -0.2) is 37.6 Å². The molecule has 5 nitrogen and oxygen atoms in total. The molecule has 136 valence electrons. The molecule has 0 fully saturated rings. The number of aryl methyl sites for hydroxylation is 1. The van der Waals surface area contributed by atoms with E-state index in [-0.39, 0.29) is 18.5 Å². The van der Waals surface area contributed by atoms with Crippen LogP contribution in [0.25, 0.3) is 0 Å². The molecule has 1 unspecified atom stereocenters. The summed E-state index contributed by atoms with van der Waals surface area (Å²) in [5.41, 5.74) is 3.44. The van der Waals surface area contributed by atoms with Crippen molar-refractivity contribution in [3.05, 3.63) is 53.6 Å². The largest absolute Gasteiger partial charge is 0.486 e. The fraction of sp³-hybridized carbons (Fsp3) is 0.381. The first kappa shape index (κ1) is 16.8. The van der Waals surface area contributed by atoms with Gasteiger partial charge in [0.1, 0.15) is 13.2 Å². The number of ether oxygens (including phenoxy) is 2. The minimum absolute atomic E-state index is 0.0704. The summed E-state index contributed by atoms with van der Waals surface area (Å²) >= 11 is 0. The highest BCUT2D eigenvalue weighted by atomic mass is 16.6. The average molecular weight is 352 g/mol. The molecule has 4 rings (SSSR count). The van der Waals surface area contributed by atoms with E-state index in [4.69, 9.17) is 9.47 Å².